The highest BCUT2D eigenvalue weighted by Gasteiger charge is 2.22. The van der Waals surface area contributed by atoms with E-state index < -0.39 is 0 Å². The zero-order chi connectivity index (χ0) is 20.4. The number of benzene rings is 1. The molecule has 4 rings (SSSR count). The minimum absolute atomic E-state index is 0.0827. The van der Waals surface area contributed by atoms with E-state index >= 15 is 0 Å². The molecule has 2 aromatic heterocycles. The molecule has 0 atom stereocenters. The number of aryl methyl sites for hydroxylation is 2. The summed E-state index contributed by atoms with van der Waals surface area (Å²) in [5.74, 6) is -0.407. The molecule has 1 aromatic carbocycles. The number of amides is 1. The van der Waals surface area contributed by atoms with Gasteiger partial charge in [0, 0.05) is 62.6 Å². The van der Waals surface area contributed by atoms with Crippen LogP contribution in [0, 0.1) is 12.7 Å². The molecule has 152 valence electrons. The molecule has 0 bridgehead atoms. The van der Waals surface area contributed by atoms with E-state index in [1.165, 1.54) is 17.0 Å². The second-order valence-electron chi connectivity index (χ2n) is 7.66. The van der Waals surface area contributed by atoms with Crippen molar-refractivity contribution in [2.24, 2.45) is 0 Å². The lowest BCUT2D eigenvalue weighted by molar-refractivity contribution is 0.0638. The molecule has 0 aliphatic carbocycles. The number of carbonyl (C=O) groups excluding carboxylic acids is 1. The predicted molar refractivity (Wildman–Crippen MR) is 113 cm³/mol. The molecule has 1 saturated heterocycles. The lowest BCUT2D eigenvalue weighted by Crippen LogP contribution is -2.49. The molecule has 0 radical (unpaired) electrons. The summed E-state index contributed by atoms with van der Waals surface area (Å²) in [5.41, 5.74) is 3.36. The highest BCUT2D eigenvalue weighted by Crippen LogP contribution is 2.20. The molecule has 1 fully saturated rings. The molecule has 3 aromatic rings. The summed E-state index contributed by atoms with van der Waals surface area (Å²) in [7, 11) is 0. The van der Waals surface area contributed by atoms with Crippen molar-refractivity contribution in [1.82, 2.24) is 19.4 Å². The van der Waals surface area contributed by atoms with Gasteiger partial charge in [0.25, 0.3) is 5.91 Å². The second-order valence-corrected chi connectivity index (χ2v) is 7.66. The fraction of sp³-hybridized carbons (Fsp3) is 0.391. The van der Waals surface area contributed by atoms with Crippen LogP contribution in [-0.2, 0) is 13.0 Å². The maximum atomic E-state index is 13.8. The minimum atomic E-state index is -0.324. The van der Waals surface area contributed by atoms with E-state index in [0.717, 1.165) is 38.2 Å². The number of piperazine rings is 1. The SMILES string of the molecule is CCn1cc(CCN2CCN(C(=O)c3ccc(C)c(F)c3)CC2)c2cccnc21. The minimum Gasteiger partial charge on any atom is -0.336 e. The molecule has 0 unspecified atom stereocenters. The Balaban J connectivity index is 1.35. The summed E-state index contributed by atoms with van der Waals surface area (Å²) in [6, 6.07) is 8.86. The normalized spacial score (nSPS) is 15.2. The maximum Gasteiger partial charge on any atom is 0.254 e. The lowest BCUT2D eigenvalue weighted by Gasteiger charge is -2.34. The first-order valence-electron chi connectivity index (χ1n) is 10.3. The number of fused-ring (bicyclic) bond motifs is 1. The van der Waals surface area contributed by atoms with E-state index in [2.05, 4.69) is 33.6 Å². The topological polar surface area (TPSA) is 41.4 Å². The van der Waals surface area contributed by atoms with Gasteiger partial charge in [-0.25, -0.2) is 9.37 Å². The molecule has 0 saturated carbocycles. The number of hydrogen-bond acceptors (Lipinski definition) is 3. The largest absolute Gasteiger partial charge is 0.336 e. The van der Waals surface area contributed by atoms with Crippen LogP contribution in [0.25, 0.3) is 11.0 Å². The summed E-state index contributed by atoms with van der Waals surface area (Å²) in [6.07, 6.45) is 5.02. The van der Waals surface area contributed by atoms with E-state index in [4.69, 9.17) is 0 Å². The average Bonchev–Trinajstić information content (AvgIpc) is 3.12. The molecule has 3 heterocycles. The van der Waals surface area contributed by atoms with E-state index in [1.54, 1.807) is 19.1 Å². The van der Waals surface area contributed by atoms with Crippen LogP contribution in [0.1, 0.15) is 28.4 Å². The Labute approximate surface area is 170 Å². The fourth-order valence-corrected chi connectivity index (χ4v) is 4.00. The number of aromatic nitrogens is 2. The van der Waals surface area contributed by atoms with Gasteiger partial charge in [-0.15, -0.1) is 0 Å². The van der Waals surface area contributed by atoms with Crippen molar-refractivity contribution in [2.75, 3.05) is 32.7 Å². The van der Waals surface area contributed by atoms with Gasteiger partial charge in [0.05, 0.1) is 0 Å². The number of rotatable bonds is 5. The molecule has 1 amide bonds. The zero-order valence-electron chi connectivity index (χ0n) is 17.1. The van der Waals surface area contributed by atoms with E-state index in [1.807, 2.05) is 17.2 Å². The van der Waals surface area contributed by atoms with Crippen LogP contribution in [0.15, 0.2) is 42.7 Å². The number of pyridine rings is 1. The summed E-state index contributed by atoms with van der Waals surface area (Å²) in [4.78, 5) is 21.4. The number of halogens is 1. The van der Waals surface area contributed by atoms with Crippen LogP contribution in [0.3, 0.4) is 0 Å². The van der Waals surface area contributed by atoms with Crippen molar-refractivity contribution < 1.29 is 9.18 Å². The first kappa shape index (κ1) is 19.6. The van der Waals surface area contributed by atoms with Gasteiger partial charge in [0.15, 0.2) is 0 Å². The van der Waals surface area contributed by atoms with Gasteiger partial charge < -0.3 is 9.47 Å². The molecule has 0 spiro atoms. The van der Waals surface area contributed by atoms with Crippen molar-refractivity contribution in [3.63, 3.8) is 0 Å². The summed E-state index contributed by atoms with van der Waals surface area (Å²) in [6.45, 7) is 8.73. The monoisotopic (exact) mass is 394 g/mol. The molecule has 1 aliphatic heterocycles. The number of carbonyl (C=O) groups is 1. The first-order valence-corrected chi connectivity index (χ1v) is 10.3. The molecule has 5 nitrogen and oxygen atoms in total. The summed E-state index contributed by atoms with van der Waals surface area (Å²) >= 11 is 0. The van der Waals surface area contributed by atoms with Crippen LogP contribution in [0.5, 0.6) is 0 Å². The van der Waals surface area contributed by atoms with Gasteiger partial charge >= 0.3 is 0 Å². The van der Waals surface area contributed by atoms with Crippen molar-refractivity contribution in [1.29, 1.82) is 0 Å². The van der Waals surface area contributed by atoms with Crippen LogP contribution in [0.4, 0.5) is 4.39 Å². The Morgan fingerprint density at radius 1 is 1.17 bits per heavy atom. The second kappa shape index (κ2) is 8.33. The van der Waals surface area contributed by atoms with Crippen molar-refractivity contribution in [3.05, 3.63) is 65.2 Å². The van der Waals surface area contributed by atoms with Gasteiger partial charge in [-0.2, -0.15) is 0 Å². The van der Waals surface area contributed by atoms with Gasteiger partial charge in [0.2, 0.25) is 0 Å². The first-order chi connectivity index (χ1) is 14.1. The van der Waals surface area contributed by atoms with Crippen molar-refractivity contribution >= 4 is 16.9 Å². The molecule has 29 heavy (non-hydrogen) atoms. The van der Waals surface area contributed by atoms with Crippen LogP contribution in [-0.4, -0.2) is 58.0 Å². The number of nitrogens with zero attached hydrogens (tertiary/aromatic N) is 4. The zero-order valence-corrected chi connectivity index (χ0v) is 17.1. The Hall–Kier alpha value is -2.73. The van der Waals surface area contributed by atoms with Gasteiger partial charge in [-0.1, -0.05) is 6.07 Å². The highest BCUT2D eigenvalue weighted by atomic mass is 19.1. The van der Waals surface area contributed by atoms with Gasteiger partial charge in [-0.3, -0.25) is 9.69 Å². The third-order valence-electron chi connectivity index (χ3n) is 5.83. The quantitative estimate of drug-likeness (QED) is 0.665. The average molecular weight is 394 g/mol. The molecule has 6 heteroatoms. The predicted octanol–water partition coefficient (Wildman–Crippen LogP) is 3.50. The maximum absolute atomic E-state index is 13.8. The molecular formula is C23H27FN4O. The van der Waals surface area contributed by atoms with Gasteiger partial charge in [-0.05, 0) is 55.7 Å². The van der Waals surface area contributed by atoms with Crippen molar-refractivity contribution in [3.8, 4) is 0 Å². The lowest BCUT2D eigenvalue weighted by atomic mass is 10.1. The van der Waals surface area contributed by atoms with Crippen LogP contribution < -0.4 is 0 Å². The molecule has 1 aliphatic rings. The fourth-order valence-electron chi connectivity index (χ4n) is 4.00. The Morgan fingerprint density at radius 2 is 1.97 bits per heavy atom. The Kier molecular flexibility index (Phi) is 5.62. The number of hydrogen-bond donors (Lipinski definition) is 0. The third-order valence-corrected chi connectivity index (χ3v) is 5.83. The Morgan fingerprint density at radius 3 is 2.69 bits per heavy atom. The van der Waals surface area contributed by atoms with Crippen molar-refractivity contribution in [2.45, 2.75) is 26.8 Å². The van der Waals surface area contributed by atoms with Crippen LogP contribution in [0.2, 0.25) is 0 Å². The van der Waals surface area contributed by atoms with Gasteiger partial charge in [0.1, 0.15) is 11.5 Å². The van der Waals surface area contributed by atoms with E-state index in [-0.39, 0.29) is 11.7 Å². The van der Waals surface area contributed by atoms with E-state index in [0.29, 0.717) is 24.2 Å². The summed E-state index contributed by atoms with van der Waals surface area (Å²) in [5, 5.41) is 1.23. The smallest absolute Gasteiger partial charge is 0.254 e. The molecular weight excluding hydrogens is 367 g/mol. The van der Waals surface area contributed by atoms with Crippen LogP contribution >= 0.6 is 0 Å². The highest BCUT2D eigenvalue weighted by molar-refractivity contribution is 5.94. The molecule has 0 N–H and O–H groups in total. The standard InChI is InChI=1S/C23H27FN4O/c1-3-27-16-19(20-5-4-9-25-22(20)27)8-10-26-11-13-28(14-12-26)23(29)18-7-6-17(2)21(24)15-18/h4-7,9,15-16H,3,8,10-14H2,1-2H3. The Bertz CT molecular complexity index is 1020. The van der Waals surface area contributed by atoms with E-state index in [9.17, 15) is 9.18 Å². The third kappa shape index (κ3) is 4.03. The summed E-state index contributed by atoms with van der Waals surface area (Å²) < 4.78 is 16.0.